The first-order valence-electron chi connectivity index (χ1n) is 7.81. The lowest BCUT2D eigenvalue weighted by atomic mass is 10.1. The van der Waals surface area contributed by atoms with Crippen LogP contribution in [0.4, 0.5) is 4.39 Å². The lowest BCUT2D eigenvalue weighted by Gasteiger charge is -2.34. The third-order valence-corrected chi connectivity index (χ3v) is 4.21. The first-order valence-corrected chi connectivity index (χ1v) is 7.81. The standard InChI is InChI=1S/C16H21FN4O4/c1-10-19-15(22)11(6-20-5-4-18-9-20)7-21(10)16-13(17)14(24-3)12(25-16)8-23-2/h4-5,7,9,12-14,16H,1,6,8H2,2-3H3,(H,19,22)/t12?,13?,14-,16-/m1/s1. The molecule has 0 aliphatic carbocycles. The minimum absolute atomic E-state index is 0.202. The minimum Gasteiger partial charge on any atom is -0.382 e. The van der Waals surface area contributed by atoms with E-state index in [0.717, 1.165) is 0 Å². The van der Waals surface area contributed by atoms with E-state index >= 15 is 0 Å². The quantitative estimate of drug-likeness (QED) is 0.798. The lowest BCUT2D eigenvalue weighted by Crippen LogP contribution is -2.47. The maximum Gasteiger partial charge on any atom is 0.255 e. The second-order valence-corrected chi connectivity index (χ2v) is 5.86. The fourth-order valence-electron chi connectivity index (χ4n) is 3.00. The van der Waals surface area contributed by atoms with Crippen molar-refractivity contribution in [2.75, 3.05) is 20.8 Å². The predicted octanol–water partition coefficient (Wildman–Crippen LogP) is 0.394. The Hall–Kier alpha value is -2.23. The highest BCUT2D eigenvalue weighted by Gasteiger charge is 2.49. The van der Waals surface area contributed by atoms with Crippen LogP contribution in [-0.4, -0.2) is 65.8 Å². The van der Waals surface area contributed by atoms with Crippen LogP contribution in [0.2, 0.25) is 0 Å². The smallest absolute Gasteiger partial charge is 0.255 e. The molecule has 1 aromatic rings. The van der Waals surface area contributed by atoms with Gasteiger partial charge in [0.15, 0.2) is 12.4 Å². The first kappa shape index (κ1) is 17.6. The van der Waals surface area contributed by atoms with Gasteiger partial charge < -0.3 is 29.0 Å². The summed E-state index contributed by atoms with van der Waals surface area (Å²) in [5.41, 5.74) is 0.436. The molecular formula is C16H21FN4O4. The van der Waals surface area contributed by atoms with Crippen LogP contribution in [0.25, 0.3) is 0 Å². The molecule has 25 heavy (non-hydrogen) atoms. The van der Waals surface area contributed by atoms with Crippen molar-refractivity contribution in [1.29, 1.82) is 0 Å². The Labute approximate surface area is 144 Å². The molecule has 2 unspecified atom stereocenters. The molecule has 8 nitrogen and oxygen atoms in total. The van der Waals surface area contributed by atoms with E-state index in [0.29, 0.717) is 12.1 Å². The molecule has 1 fully saturated rings. The average molecular weight is 352 g/mol. The molecule has 9 heteroatoms. The van der Waals surface area contributed by atoms with Gasteiger partial charge in [-0.15, -0.1) is 0 Å². The molecule has 1 amide bonds. The van der Waals surface area contributed by atoms with Gasteiger partial charge in [0.25, 0.3) is 5.91 Å². The molecule has 0 radical (unpaired) electrons. The summed E-state index contributed by atoms with van der Waals surface area (Å²) in [6.07, 6.45) is 2.81. The number of alkyl halides is 1. The fourth-order valence-corrected chi connectivity index (χ4v) is 3.00. The first-order chi connectivity index (χ1) is 12.0. The Morgan fingerprint density at radius 2 is 2.28 bits per heavy atom. The largest absolute Gasteiger partial charge is 0.382 e. The summed E-state index contributed by atoms with van der Waals surface area (Å²) in [4.78, 5) is 17.6. The topological polar surface area (TPSA) is 77.9 Å². The predicted molar refractivity (Wildman–Crippen MR) is 85.7 cm³/mol. The minimum atomic E-state index is -1.43. The third kappa shape index (κ3) is 3.44. The lowest BCUT2D eigenvalue weighted by molar-refractivity contribution is -0.119. The van der Waals surface area contributed by atoms with E-state index in [1.54, 1.807) is 29.5 Å². The number of rotatable bonds is 6. The summed E-state index contributed by atoms with van der Waals surface area (Å²) < 4.78 is 32.6. The number of ether oxygens (including phenoxy) is 3. The summed E-state index contributed by atoms with van der Waals surface area (Å²) in [6, 6.07) is 0. The van der Waals surface area contributed by atoms with Crippen LogP contribution >= 0.6 is 0 Å². The molecule has 1 aromatic heterocycles. The van der Waals surface area contributed by atoms with E-state index in [9.17, 15) is 9.18 Å². The molecule has 0 saturated carbocycles. The fraction of sp³-hybridized carbons (Fsp3) is 0.500. The zero-order chi connectivity index (χ0) is 18.0. The number of methoxy groups -OCH3 is 2. The SMILES string of the molecule is C=C1NC(=O)C(Cn2ccnc2)=CN1[C@@H]1OC(COC)[C@@H](OC)C1F. The van der Waals surface area contributed by atoms with Crippen LogP contribution in [0.3, 0.4) is 0 Å². The van der Waals surface area contributed by atoms with Crippen LogP contribution in [0.15, 0.2) is 42.9 Å². The van der Waals surface area contributed by atoms with Crippen molar-refractivity contribution in [3.8, 4) is 0 Å². The maximum atomic E-state index is 14.8. The molecule has 0 spiro atoms. The molecule has 0 bridgehead atoms. The van der Waals surface area contributed by atoms with Crippen molar-refractivity contribution in [2.45, 2.75) is 31.2 Å². The van der Waals surface area contributed by atoms with E-state index < -0.39 is 24.6 Å². The monoisotopic (exact) mass is 352 g/mol. The van der Waals surface area contributed by atoms with Gasteiger partial charge in [-0.25, -0.2) is 9.37 Å². The number of nitrogens with one attached hydrogen (secondary N) is 1. The number of aromatic nitrogens is 2. The highest BCUT2D eigenvalue weighted by molar-refractivity contribution is 5.95. The van der Waals surface area contributed by atoms with E-state index in [1.165, 1.54) is 19.1 Å². The Balaban J connectivity index is 1.83. The summed E-state index contributed by atoms with van der Waals surface area (Å²) in [5, 5.41) is 2.64. The molecule has 2 aliphatic rings. The van der Waals surface area contributed by atoms with Gasteiger partial charge in [-0.2, -0.15) is 0 Å². The number of imidazole rings is 1. The molecule has 3 heterocycles. The van der Waals surface area contributed by atoms with Crippen molar-refractivity contribution in [1.82, 2.24) is 19.8 Å². The van der Waals surface area contributed by atoms with E-state index in [2.05, 4.69) is 16.9 Å². The summed E-state index contributed by atoms with van der Waals surface area (Å²) in [5.74, 6) is -0.0416. The van der Waals surface area contributed by atoms with Crippen LogP contribution < -0.4 is 5.32 Å². The molecular weight excluding hydrogens is 331 g/mol. The van der Waals surface area contributed by atoms with E-state index in [1.807, 2.05) is 0 Å². The van der Waals surface area contributed by atoms with Gasteiger partial charge in [-0.1, -0.05) is 6.58 Å². The number of hydrogen-bond acceptors (Lipinski definition) is 6. The second kappa shape index (κ2) is 7.34. The Morgan fingerprint density at radius 3 is 2.92 bits per heavy atom. The molecule has 1 N–H and O–H groups in total. The number of carbonyl (C=O) groups excluding carboxylic acids is 1. The van der Waals surface area contributed by atoms with Gasteiger partial charge in [-0.3, -0.25) is 4.79 Å². The average Bonchev–Trinajstić information content (AvgIpc) is 3.19. The summed E-state index contributed by atoms with van der Waals surface area (Å²) in [7, 11) is 2.94. The van der Waals surface area contributed by atoms with Crippen molar-refractivity contribution in [2.24, 2.45) is 0 Å². The highest BCUT2D eigenvalue weighted by Crippen LogP contribution is 2.32. The van der Waals surface area contributed by atoms with Crippen LogP contribution in [0.5, 0.6) is 0 Å². The Bertz CT molecular complexity index is 663. The van der Waals surface area contributed by atoms with Gasteiger partial charge in [0.1, 0.15) is 18.0 Å². The van der Waals surface area contributed by atoms with Gasteiger partial charge in [0.05, 0.1) is 25.1 Å². The highest BCUT2D eigenvalue weighted by atomic mass is 19.1. The number of hydrogen-bond donors (Lipinski definition) is 1. The maximum absolute atomic E-state index is 14.8. The van der Waals surface area contributed by atoms with Crippen LogP contribution in [0, 0.1) is 0 Å². The summed E-state index contributed by atoms with van der Waals surface area (Å²) in [6.45, 7) is 4.29. The normalized spacial score (nSPS) is 29.7. The van der Waals surface area contributed by atoms with Gasteiger partial charge in [0, 0.05) is 32.8 Å². The molecule has 136 valence electrons. The third-order valence-electron chi connectivity index (χ3n) is 4.21. The number of amides is 1. The number of nitrogens with zero attached hydrogens (tertiary/aromatic N) is 3. The van der Waals surface area contributed by atoms with Gasteiger partial charge in [0.2, 0.25) is 0 Å². The molecule has 0 aromatic carbocycles. The zero-order valence-electron chi connectivity index (χ0n) is 14.1. The Kier molecular flexibility index (Phi) is 5.16. The number of halogens is 1. The zero-order valence-corrected chi connectivity index (χ0v) is 14.1. The van der Waals surface area contributed by atoms with Crippen molar-refractivity contribution < 1.29 is 23.4 Å². The Morgan fingerprint density at radius 1 is 1.48 bits per heavy atom. The van der Waals surface area contributed by atoms with Crippen LogP contribution in [0.1, 0.15) is 0 Å². The van der Waals surface area contributed by atoms with Gasteiger partial charge in [-0.05, 0) is 0 Å². The van der Waals surface area contributed by atoms with E-state index in [-0.39, 0.29) is 18.3 Å². The van der Waals surface area contributed by atoms with Crippen molar-refractivity contribution in [3.05, 3.63) is 42.9 Å². The van der Waals surface area contributed by atoms with Crippen molar-refractivity contribution in [3.63, 3.8) is 0 Å². The van der Waals surface area contributed by atoms with E-state index in [4.69, 9.17) is 14.2 Å². The second-order valence-electron chi connectivity index (χ2n) is 5.86. The molecule has 3 rings (SSSR count). The van der Waals surface area contributed by atoms with Crippen LogP contribution in [-0.2, 0) is 25.5 Å². The summed E-state index contributed by atoms with van der Waals surface area (Å²) >= 11 is 0. The number of carbonyl (C=O) groups is 1. The molecule has 4 atom stereocenters. The molecule has 2 aliphatic heterocycles. The molecule has 1 saturated heterocycles. The van der Waals surface area contributed by atoms with Crippen molar-refractivity contribution >= 4 is 5.91 Å². The van der Waals surface area contributed by atoms with Gasteiger partial charge >= 0.3 is 0 Å².